The van der Waals surface area contributed by atoms with Crippen LogP contribution in [0.4, 0.5) is 5.69 Å². The fraction of sp³-hybridized carbons (Fsp3) is 0.113. The molecule has 12 rings (SSSR count). The Labute approximate surface area is 354 Å². The number of aryl methyl sites for hydroxylation is 1. The van der Waals surface area contributed by atoms with Gasteiger partial charge in [0, 0.05) is 33.0 Å². The number of ketones is 1. The van der Waals surface area contributed by atoms with Crippen LogP contribution in [0.25, 0.3) is 86.7 Å². The lowest BCUT2D eigenvalue weighted by Gasteiger charge is -2.29. The second-order valence-electron chi connectivity index (χ2n) is 17.0. The van der Waals surface area contributed by atoms with Gasteiger partial charge in [-0.25, -0.2) is 4.90 Å². The molecule has 62 heavy (non-hydrogen) atoms. The van der Waals surface area contributed by atoms with Gasteiger partial charge in [-0.2, -0.15) is 8.42 Å². The van der Waals surface area contributed by atoms with E-state index in [1.165, 1.54) is 18.2 Å². The normalized spacial score (nSPS) is 14.6. The van der Waals surface area contributed by atoms with E-state index in [0.717, 1.165) is 111 Å². The van der Waals surface area contributed by atoms with Gasteiger partial charge < -0.3 is 5.11 Å². The summed E-state index contributed by atoms with van der Waals surface area (Å²) >= 11 is 0. The van der Waals surface area contributed by atoms with E-state index in [4.69, 9.17) is 0 Å². The number of aliphatic hydroxyl groups excluding tert-OH is 1. The van der Waals surface area contributed by atoms with Crippen LogP contribution in [0.15, 0.2) is 120 Å². The Morgan fingerprint density at radius 2 is 1.02 bits per heavy atom. The fourth-order valence-electron chi connectivity index (χ4n) is 10.9. The molecule has 1 aliphatic heterocycles. The van der Waals surface area contributed by atoms with Crippen LogP contribution in [-0.2, 0) is 16.5 Å². The van der Waals surface area contributed by atoms with E-state index in [1.807, 2.05) is 36.4 Å². The van der Waals surface area contributed by atoms with E-state index in [2.05, 4.69) is 63.2 Å². The lowest BCUT2D eigenvalue weighted by molar-refractivity contribution is 0.0892. The van der Waals surface area contributed by atoms with Crippen LogP contribution in [0.5, 0.6) is 0 Å². The van der Waals surface area contributed by atoms with E-state index in [1.54, 1.807) is 12.1 Å². The van der Waals surface area contributed by atoms with Gasteiger partial charge in [0.2, 0.25) is 0 Å². The standard InChI is InChI=1S/C53H35NO7S/c1-4-7-26-8-5-11-29(25(2)3)42(26)49-50(55)38-20-16-34-30-12-14-32-36-18-22-40-48-41(53(58)54(52(40)57)27-9-6-10-28(24-27)62(59,60)61)23-19-37(46(36)48)33-15-13-31(43(30)44(32)33)35-17-21-39(51(49)56)47(38)45(34)35/h5-6,8-25,55H,4,7H2,1-3H3,(H,59,60,61). The van der Waals surface area contributed by atoms with Crippen LogP contribution in [0.1, 0.15) is 86.4 Å². The minimum Gasteiger partial charge on any atom is -0.507 e. The predicted octanol–water partition coefficient (Wildman–Crippen LogP) is 12.4. The first-order valence-electron chi connectivity index (χ1n) is 20.8. The number of aliphatic hydroxyl groups is 1. The summed E-state index contributed by atoms with van der Waals surface area (Å²) in [4.78, 5) is 43.8. The van der Waals surface area contributed by atoms with Crippen LogP contribution >= 0.6 is 0 Å². The molecule has 0 bridgehead atoms. The largest absolute Gasteiger partial charge is 0.507 e. The summed E-state index contributed by atoms with van der Waals surface area (Å²) < 4.78 is 33.6. The summed E-state index contributed by atoms with van der Waals surface area (Å²) in [5, 5.41) is 25.0. The molecule has 9 heteroatoms. The van der Waals surface area contributed by atoms with E-state index in [0.29, 0.717) is 33.2 Å². The molecular formula is C53H35NO7S. The highest BCUT2D eigenvalue weighted by Gasteiger charge is 2.37. The van der Waals surface area contributed by atoms with Crippen LogP contribution in [0, 0.1) is 0 Å². The summed E-state index contributed by atoms with van der Waals surface area (Å²) in [5.41, 5.74) is 5.18. The first kappa shape index (κ1) is 36.6. The van der Waals surface area contributed by atoms with Gasteiger partial charge in [0.1, 0.15) is 5.76 Å². The van der Waals surface area contributed by atoms with Crippen molar-refractivity contribution in [2.75, 3.05) is 4.90 Å². The smallest absolute Gasteiger partial charge is 0.294 e. The van der Waals surface area contributed by atoms with Crippen molar-refractivity contribution in [3.8, 4) is 0 Å². The van der Waals surface area contributed by atoms with Gasteiger partial charge >= 0.3 is 0 Å². The number of amides is 2. The molecule has 2 N–H and O–H groups in total. The molecular weight excluding hydrogens is 795 g/mol. The van der Waals surface area contributed by atoms with Gasteiger partial charge in [-0.15, -0.1) is 0 Å². The van der Waals surface area contributed by atoms with Gasteiger partial charge in [0.05, 0.1) is 16.2 Å². The molecule has 0 saturated heterocycles. The van der Waals surface area contributed by atoms with Crippen molar-refractivity contribution in [3.63, 3.8) is 0 Å². The minimum atomic E-state index is -4.59. The Morgan fingerprint density at radius 1 is 0.565 bits per heavy atom. The number of allylic oxidation sites excluding steroid dienone is 1. The Morgan fingerprint density at radius 3 is 1.52 bits per heavy atom. The predicted molar refractivity (Wildman–Crippen MR) is 247 cm³/mol. The van der Waals surface area contributed by atoms with E-state index in [-0.39, 0.29) is 23.1 Å². The summed E-state index contributed by atoms with van der Waals surface area (Å²) in [6.07, 6.45) is 1.70. The molecule has 8 nitrogen and oxygen atoms in total. The molecule has 0 radical (unpaired) electrons. The van der Waals surface area contributed by atoms with Crippen LogP contribution in [-0.4, -0.2) is 35.7 Å². The number of rotatable bonds is 6. The number of hydrogen-bond donors (Lipinski definition) is 2. The maximum absolute atomic E-state index is 14.8. The number of carbonyl (C=O) groups is 3. The third kappa shape index (κ3) is 4.58. The Kier molecular flexibility index (Phi) is 7.35. The van der Waals surface area contributed by atoms with Gasteiger partial charge in [0.25, 0.3) is 21.9 Å². The zero-order valence-electron chi connectivity index (χ0n) is 33.8. The topological polar surface area (TPSA) is 129 Å². The molecule has 0 atom stereocenters. The molecule has 10 aromatic rings. The summed E-state index contributed by atoms with van der Waals surface area (Å²) in [7, 11) is -4.59. The first-order valence-corrected chi connectivity index (χ1v) is 22.2. The van der Waals surface area contributed by atoms with Gasteiger partial charge in [0.15, 0.2) is 5.78 Å². The minimum absolute atomic E-state index is 0.0102. The van der Waals surface area contributed by atoms with Crippen LogP contribution in [0.3, 0.4) is 0 Å². The second kappa shape index (κ2) is 12.4. The van der Waals surface area contributed by atoms with Crippen molar-refractivity contribution < 1.29 is 32.5 Å². The molecule has 1 aliphatic carbocycles. The Balaban J connectivity index is 1.10. The quantitative estimate of drug-likeness (QED) is 0.0739. The highest BCUT2D eigenvalue weighted by molar-refractivity contribution is 7.85. The molecule has 0 unspecified atom stereocenters. The Hall–Kier alpha value is -7.20. The van der Waals surface area contributed by atoms with E-state index in [9.17, 15) is 32.5 Å². The SMILES string of the molecule is CCCc1cccc(C(C)C)c1C1=C(O)c2ccc3c4ccc5c6ccc7c8c(ccc(c9ccc(c%10ccc(c2c%103)C1=O)c4c95)c86)C(=O)N(c1cccc(S(=O)(=O)O)c1)C7=O. The molecule has 10 aromatic carbocycles. The van der Waals surface area contributed by atoms with Crippen molar-refractivity contribution in [1.82, 2.24) is 0 Å². The molecule has 1 heterocycles. The summed E-state index contributed by atoms with van der Waals surface area (Å²) in [5.74, 6) is -1.21. The van der Waals surface area contributed by atoms with Crippen molar-refractivity contribution in [1.29, 1.82) is 0 Å². The fourth-order valence-corrected chi connectivity index (χ4v) is 11.4. The van der Waals surface area contributed by atoms with Gasteiger partial charge in [-0.3, -0.25) is 18.9 Å². The number of anilines is 1. The van der Waals surface area contributed by atoms with Gasteiger partial charge in [-0.1, -0.05) is 100.0 Å². The molecule has 0 saturated carbocycles. The maximum atomic E-state index is 14.8. The summed E-state index contributed by atoms with van der Waals surface area (Å²) in [6.45, 7) is 6.36. The number of fused-ring (bicyclic) bond motifs is 4. The monoisotopic (exact) mass is 829 g/mol. The van der Waals surface area contributed by atoms with E-state index >= 15 is 0 Å². The lowest BCUT2D eigenvalue weighted by atomic mass is 9.76. The average Bonchev–Trinajstić information content (AvgIpc) is 3.26. The number of carbonyl (C=O) groups excluding carboxylic acids is 3. The number of Topliss-reactive ketones (excluding diaryl/α,β-unsaturated/α-hetero) is 1. The van der Waals surface area contributed by atoms with Gasteiger partial charge in [-0.05, 0) is 136 Å². The molecule has 300 valence electrons. The zero-order valence-corrected chi connectivity index (χ0v) is 34.6. The average molecular weight is 830 g/mol. The number of benzene rings is 10. The maximum Gasteiger partial charge on any atom is 0.294 e. The van der Waals surface area contributed by atoms with Crippen molar-refractivity contribution in [3.05, 3.63) is 154 Å². The second-order valence-corrected chi connectivity index (χ2v) is 18.4. The first-order chi connectivity index (χ1) is 29.9. The molecule has 0 spiro atoms. The number of imide groups is 1. The third-order valence-electron chi connectivity index (χ3n) is 13.4. The summed E-state index contributed by atoms with van der Waals surface area (Å²) in [6, 6.07) is 35.0. The Bertz CT molecular complexity index is 3780. The lowest BCUT2D eigenvalue weighted by Crippen LogP contribution is -2.40. The molecule has 0 fully saturated rings. The van der Waals surface area contributed by atoms with Crippen LogP contribution < -0.4 is 4.90 Å². The third-order valence-corrected chi connectivity index (χ3v) is 14.3. The van der Waals surface area contributed by atoms with E-state index < -0.39 is 26.8 Å². The number of hydrogen-bond acceptors (Lipinski definition) is 6. The zero-order chi connectivity index (χ0) is 42.7. The van der Waals surface area contributed by atoms with Crippen molar-refractivity contribution in [2.45, 2.75) is 44.4 Å². The molecule has 2 amide bonds. The molecule has 0 aromatic heterocycles. The van der Waals surface area contributed by atoms with Crippen LogP contribution in [0.2, 0.25) is 0 Å². The highest BCUT2D eigenvalue weighted by atomic mass is 32.2. The number of nitrogens with zero attached hydrogens (tertiary/aromatic N) is 1. The highest BCUT2D eigenvalue weighted by Crippen LogP contribution is 2.51. The van der Waals surface area contributed by atoms with Crippen molar-refractivity contribution >= 4 is 120 Å². The molecule has 2 aliphatic rings. The van der Waals surface area contributed by atoms with Crippen molar-refractivity contribution in [2.24, 2.45) is 0 Å².